The van der Waals surface area contributed by atoms with Gasteiger partial charge in [0.1, 0.15) is 11.9 Å². The van der Waals surface area contributed by atoms with Crippen LogP contribution in [0.1, 0.15) is 10.6 Å². The van der Waals surface area contributed by atoms with E-state index < -0.39 is 18.0 Å². The average Bonchev–Trinajstić information content (AvgIpc) is 3.37. The van der Waals surface area contributed by atoms with Gasteiger partial charge in [0.05, 0.1) is 43.9 Å². The summed E-state index contributed by atoms with van der Waals surface area (Å²) >= 11 is 0. The number of hydrogen-bond donors (Lipinski definition) is 1. The van der Waals surface area contributed by atoms with Crippen molar-refractivity contribution in [3.63, 3.8) is 0 Å². The molecular formula is C19H20FN3O5. The summed E-state index contributed by atoms with van der Waals surface area (Å²) < 4.78 is 30.2. The summed E-state index contributed by atoms with van der Waals surface area (Å²) in [7, 11) is 0. The zero-order valence-corrected chi connectivity index (χ0v) is 15.1. The number of nitrogens with one attached hydrogen (secondary N) is 1. The molecule has 28 heavy (non-hydrogen) atoms. The maximum absolute atomic E-state index is 14.6. The maximum atomic E-state index is 14.6. The highest BCUT2D eigenvalue weighted by atomic mass is 19.1. The Morgan fingerprint density at radius 2 is 2.07 bits per heavy atom. The Kier molecular flexibility index (Phi) is 5.16. The maximum Gasteiger partial charge on any atom is 0.414 e. The molecule has 0 bridgehead atoms. The fourth-order valence-corrected chi connectivity index (χ4v) is 3.26. The number of ether oxygens (including phenoxy) is 2. The van der Waals surface area contributed by atoms with Gasteiger partial charge in [0.25, 0.3) is 5.91 Å². The highest BCUT2D eigenvalue weighted by molar-refractivity contribution is 5.92. The van der Waals surface area contributed by atoms with Gasteiger partial charge in [-0.25, -0.2) is 9.18 Å². The summed E-state index contributed by atoms with van der Waals surface area (Å²) in [6.45, 7) is 2.72. The number of hydrogen-bond acceptors (Lipinski definition) is 6. The van der Waals surface area contributed by atoms with Crippen molar-refractivity contribution in [2.45, 2.75) is 6.10 Å². The molecule has 0 spiro atoms. The van der Waals surface area contributed by atoms with E-state index in [9.17, 15) is 14.0 Å². The molecule has 1 aromatic heterocycles. The summed E-state index contributed by atoms with van der Waals surface area (Å²) in [5.74, 6) is -0.607. The van der Waals surface area contributed by atoms with Crippen LogP contribution in [0.3, 0.4) is 0 Å². The van der Waals surface area contributed by atoms with Crippen LogP contribution in [-0.4, -0.2) is 57.5 Å². The first-order valence-corrected chi connectivity index (χ1v) is 9.04. The quantitative estimate of drug-likeness (QED) is 0.842. The summed E-state index contributed by atoms with van der Waals surface area (Å²) in [4.78, 5) is 27.4. The van der Waals surface area contributed by atoms with Gasteiger partial charge in [0.2, 0.25) is 0 Å². The molecule has 2 aromatic rings. The molecule has 2 amide bonds. The predicted octanol–water partition coefficient (Wildman–Crippen LogP) is 2.01. The molecule has 0 unspecified atom stereocenters. The van der Waals surface area contributed by atoms with Crippen molar-refractivity contribution in [3.05, 3.63) is 48.2 Å². The number of amides is 2. The standard InChI is InChI=1S/C19H20FN3O5/c20-15-10-13(3-4-16(15)22-5-8-26-9-6-22)23-12-14(28-19(23)25)11-21-18(24)17-2-1-7-27-17/h1-4,7,10,14H,5-6,8-9,11-12H2,(H,21,24)/t14-/m0/s1. The van der Waals surface area contributed by atoms with Gasteiger partial charge in [-0.1, -0.05) is 0 Å². The number of carbonyl (C=O) groups is 2. The number of furan rings is 1. The van der Waals surface area contributed by atoms with E-state index >= 15 is 0 Å². The fourth-order valence-electron chi connectivity index (χ4n) is 3.26. The van der Waals surface area contributed by atoms with E-state index in [1.54, 1.807) is 24.3 Å². The largest absolute Gasteiger partial charge is 0.459 e. The first-order chi connectivity index (χ1) is 13.6. The Labute approximate surface area is 160 Å². The second-order valence-corrected chi connectivity index (χ2v) is 6.54. The second-order valence-electron chi connectivity index (χ2n) is 6.54. The lowest BCUT2D eigenvalue weighted by molar-refractivity contribution is 0.0889. The molecule has 3 heterocycles. The number of morpholine rings is 1. The topological polar surface area (TPSA) is 84.2 Å². The number of carbonyl (C=O) groups excluding carboxylic acids is 2. The minimum absolute atomic E-state index is 0.135. The van der Waals surface area contributed by atoms with Crippen molar-refractivity contribution in [1.82, 2.24) is 5.32 Å². The van der Waals surface area contributed by atoms with Crippen LogP contribution in [0.2, 0.25) is 0 Å². The van der Waals surface area contributed by atoms with Gasteiger partial charge >= 0.3 is 6.09 Å². The Hall–Kier alpha value is -3.07. The van der Waals surface area contributed by atoms with Crippen LogP contribution in [0.15, 0.2) is 41.0 Å². The third-order valence-corrected chi connectivity index (χ3v) is 4.70. The van der Waals surface area contributed by atoms with Crippen molar-refractivity contribution >= 4 is 23.4 Å². The molecule has 2 aliphatic heterocycles. The number of anilines is 2. The van der Waals surface area contributed by atoms with Gasteiger partial charge < -0.3 is 24.1 Å². The number of nitrogens with zero attached hydrogens (tertiary/aromatic N) is 2. The van der Waals surface area contributed by atoms with Crippen LogP contribution >= 0.6 is 0 Å². The fraction of sp³-hybridized carbons (Fsp3) is 0.368. The van der Waals surface area contributed by atoms with Crippen LogP contribution in [0.25, 0.3) is 0 Å². The van der Waals surface area contributed by atoms with Gasteiger partial charge in [-0.15, -0.1) is 0 Å². The van der Waals surface area contributed by atoms with E-state index in [0.29, 0.717) is 37.7 Å². The minimum atomic E-state index is -0.573. The first kappa shape index (κ1) is 18.3. The van der Waals surface area contributed by atoms with Gasteiger partial charge in [-0.2, -0.15) is 0 Å². The lowest BCUT2D eigenvalue weighted by Gasteiger charge is -2.29. The molecule has 2 saturated heterocycles. The molecule has 1 N–H and O–H groups in total. The first-order valence-electron chi connectivity index (χ1n) is 9.04. The third kappa shape index (κ3) is 3.79. The Morgan fingerprint density at radius 3 is 2.79 bits per heavy atom. The van der Waals surface area contributed by atoms with E-state index in [0.717, 1.165) is 0 Å². The third-order valence-electron chi connectivity index (χ3n) is 4.70. The summed E-state index contributed by atoms with van der Waals surface area (Å²) in [5, 5.41) is 2.65. The highest BCUT2D eigenvalue weighted by Gasteiger charge is 2.33. The number of rotatable bonds is 5. The molecule has 8 nitrogen and oxygen atoms in total. The summed E-state index contributed by atoms with van der Waals surface area (Å²) in [5.41, 5.74) is 0.904. The van der Waals surface area contributed by atoms with Gasteiger partial charge in [-0.05, 0) is 30.3 Å². The molecule has 9 heteroatoms. The predicted molar refractivity (Wildman–Crippen MR) is 98.1 cm³/mol. The van der Waals surface area contributed by atoms with Crippen LogP contribution in [0.4, 0.5) is 20.6 Å². The monoisotopic (exact) mass is 389 g/mol. The lowest BCUT2D eigenvalue weighted by atomic mass is 10.2. The SMILES string of the molecule is O=C(NC[C@H]1CN(c2ccc(N3CCOCC3)c(F)c2)C(=O)O1)c1ccco1. The van der Waals surface area contributed by atoms with E-state index in [4.69, 9.17) is 13.9 Å². The molecule has 0 radical (unpaired) electrons. The molecule has 148 valence electrons. The summed E-state index contributed by atoms with van der Waals surface area (Å²) in [6, 6.07) is 7.84. The molecule has 1 aromatic carbocycles. The van der Waals surface area contributed by atoms with E-state index in [-0.39, 0.29) is 24.8 Å². The van der Waals surface area contributed by atoms with Crippen molar-refractivity contribution in [2.75, 3.05) is 49.2 Å². The molecule has 2 fully saturated rings. The molecule has 1 atom stereocenters. The molecule has 2 aliphatic rings. The van der Waals surface area contributed by atoms with Crippen LogP contribution in [-0.2, 0) is 9.47 Å². The lowest BCUT2D eigenvalue weighted by Crippen LogP contribution is -2.37. The van der Waals surface area contributed by atoms with Crippen molar-refractivity contribution < 1.29 is 27.9 Å². The molecule has 0 saturated carbocycles. The van der Waals surface area contributed by atoms with Crippen LogP contribution in [0.5, 0.6) is 0 Å². The zero-order valence-electron chi connectivity index (χ0n) is 15.1. The van der Waals surface area contributed by atoms with Crippen molar-refractivity contribution in [1.29, 1.82) is 0 Å². The Balaban J connectivity index is 1.38. The average molecular weight is 389 g/mol. The Bertz CT molecular complexity index is 851. The van der Waals surface area contributed by atoms with Crippen molar-refractivity contribution in [3.8, 4) is 0 Å². The van der Waals surface area contributed by atoms with Gasteiger partial charge in [-0.3, -0.25) is 9.69 Å². The van der Waals surface area contributed by atoms with Crippen LogP contribution in [0, 0.1) is 5.82 Å². The normalized spacial score (nSPS) is 19.6. The van der Waals surface area contributed by atoms with Crippen molar-refractivity contribution in [2.24, 2.45) is 0 Å². The van der Waals surface area contributed by atoms with Crippen LogP contribution < -0.4 is 15.1 Å². The van der Waals surface area contributed by atoms with E-state index in [1.807, 2.05) is 4.90 Å². The second kappa shape index (κ2) is 7.89. The number of halogens is 1. The van der Waals surface area contributed by atoms with E-state index in [2.05, 4.69) is 5.32 Å². The Morgan fingerprint density at radius 1 is 1.25 bits per heavy atom. The van der Waals surface area contributed by atoms with E-state index in [1.165, 1.54) is 17.2 Å². The zero-order chi connectivity index (χ0) is 19.5. The summed E-state index contributed by atoms with van der Waals surface area (Å²) in [6.07, 6.45) is 0.297. The molecule has 4 rings (SSSR count). The molecule has 0 aliphatic carbocycles. The van der Waals surface area contributed by atoms with Gasteiger partial charge in [0.15, 0.2) is 5.76 Å². The smallest absolute Gasteiger partial charge is 0.414 e. The highest BCUT2D eigenvalue weighted by Crippen LogP contribution is 2.28. The number of cyclic esters (lactones) is 1. The minimum Gasteiger partial charge on any atom is -0.459 e. The van der Waals surface area contributed by atoms with Gasteiger partial charge in [0, 0.05) is 13.1 Å². The molecular weight excluding hydrogens is 369 g/mol. The number of benzene rings is 1.